The number of carbonyl (C=O) groups is 1. The van der Waals surface area contributed by atoms with Crippen LogP contribution in [0, 0.1) is 22.2 Å². The summed E-state index contributed by atoms with van der Waals surface area (Å²) >= 11 is 0. The fourth-order valence-corrected chi connectivity index (χ4v) is 6.57. The van der Waals surface area contributed by atoms with Gasteiger partial charge in [-0.25, -0.2) is 0 Å². The normalized spacial score (nSPS) is 42.4. The van der Waals surface area contributed by atoms with Gasteiger partial charge in [0.05, 0.1) is 5.41 Å². The van der Waals surface area contributed by atoms with Gasteiger partial charge in [-0.05, 0) is 66.9 Å². The summed E-state index contributed by atoms with van der Waals surface area (Å²) < 4.78 is 0. The van der Waals surface area contributed by atoms with Gasteiger partial charge in [-0.3, -0.25) is 9.78 Å². The molecule has 4 aliphatic carbocycles. The largest absolute Gasteiger partial charge is 0.351 e. The van der Waals surface area contributed by atoms with E-state index in [0.717, 1.165) is 30.7 Å². The molecule has 0 aliphatic heterocycles. The van der Waals surface area contributed by atoms with Gasteiger partial charge in [0.15, 0.2) is 0 Å². The van der Waals surface area contributed by atoms with E-state index in [1.807, 2.05) is 18.3 Å². The molecule has 0 aromatic carbocycles. The van der Waals surface area contributed by atoms with Crippen LogP contribution in [0.5, 0.6) is 0 Å². The molecular weight excluding hydrogens is 272 g/mol. The van der Waals surface area contributed by atoms with E-state index in [-0.39, 0.29) is 11.3 Å². The lowest BCUT2D eigenvalue weighted by molar-refractivity contribution is -0.170. The Morgan fingerprint density at radius 1 is 1.23 bits per heavy atom. The molecule has 1 aromatic heterocycles. The molecule has 0 radical (unpaired) electrons. The van der Waals surface area contributed by atoms with E-state index in [0.29, 0.717) is 17.4 Å². The topological polar surface area (TPSA) is 42.0 Å². The number of aromatic nitrogens is 1. The number of nitrogens with zero attached hydrogens (tertiary/aromatic N) is 1. The Kier molecular flexibility index (Phi) is 2.95. The zero-order valence-corrected chi connectivity index (χ0v) is 13.7. The molecule has 0 spiro atoms. The lowest BCUT2D eigenvalue weighted by atomic mass is 9.40. The molecule has 4 atom stereocenters. The fraction of sp³-hybridized carbons (Fsp3) is 0.684. The SMILES string of the molecule is C[C@]12CC3CC(C(=O)NCc4cccnc4)(C1)C[C@@](C)(C3)C2. The summed E-state index contributed by atoms with van der Waals surface area (Å²) in [6.07, 6.45) is 10.9. The molecule has 4 fully saturated rings. The van der Waals surface area contributed by atoms with E-state index in [9.17, 15) is 4.79 Å². The van der Waals surface area contributed by atoms with Crippen LogP contribution in [-0.2, 0) is 11.3 Å². The maximum atomic E-state index is 13.0. The highest BCUT2D eigenvalue weighted by atomic mass is 16.2. The summed E-state index contributed by atoms with van der Waals surface area (Å²) in [7, 11) is 0. The first kappa shape index (κ1) is 14.2. The van der Waals surface area contributed by atoms with E-state index in [4.69, 9.17) is 0 Å². The summed E-state index contributed by atoms with van der Waals surface area (Å²) in [4.78, 5) is 17.1. The van der Waals surface area contributed by atoms with Crippen molar-refractivity contribution in [1.82, 2.24) is 10.3 Å². The highest BCUT2D eigenvalue weighted by Crippen LogP contribution is 2.69. The first-order valence-electron chi connectivity index (χ1n) is 8.58. The van der Waals surface area contributed by atoms with Crippen LogP contribution in [-0.4, -0.2) is 10.9 Å². The standard InChI is InChI=1S/C19H26N2O/c1-17-6-15-7-18(2,11-17)13-19(8-15,12-17)16(22)21-10-14-4-3-5-20-9-14/h3-5,9,15H,6-8,10-13H2,1-2H3,(H,21,22)/t15?,17-,18+,19?. The Labute approximate surface area is 132 Å². The summed E-state index contributed by atoms with van der Waals surface area (Å²) in [6.45, 7) is 5.43. The van der Waals surface area contributed by atoms with Crippen LogP contribution < -0.4 is 5.32 Å². The smallest absolute Gasteiger partial charge is 0.226 e. The highest BCUT2D eigenvalue weighted by molar-refractivity contribution is 5.83. The molecule has 4 saturated carbocycles. The molecule has 1 heterocycles. The van der Waals surface area contributed by atoms with Gasteiger partial charge in [-0.15, -0.1) is 0 Å². The Hall–Kier alpha value is -1.38. The van der Waals surface area contributed by atoms with E-state index < -0.39 is 0 Å². The monoisotopic (exact) mass is 298 g/mol. The van der Waals surface area contributed by atoms with Gasteiger partial charge >= 0.3 is 0 Å². The number of carbonyl (C=O) groups excluding carboxylic acids is 1. The van der Waals surface area contributed by atoms with E-state index >= 15 is 0 Å². The minimum absolute atomic E-state index is 0.106. The van der Waals surface area contributed by atoms with Gasteiger partial charge in [-0.2, -0.15) is 0 Å². The highest BCUT2D eigenvalue weighted by Gasteiger charge is 2.62. The zero-order valence-electron chi connectivity index (χ0n) is 13.7. The summed E-state index contributed by atoms with van der Waals surface area (Å²) in [5, 5.41) is 3.21. The molecule has 2 unspecified atom stereocenters. The second kappa shape index (κ2) is 4.56. The maximum Gasteiger partial charge on any atom is 0.226 e. The molecule has 1 amide bonds. The lowest BCUT2D eigenvalue weighted by Gasteiger charge is -2.64. The average molecular weight is 298 g/mol. The second-order valence-electron chi connectivity index (χ2n) is 8.95. The van der Waals surface area contributed by atoms with Crippen LogP contribution >= 0.6 is 0 Å². The predicted octanol–water partition coefficient (Wildman–Crippen LogP) is 3.69. The minimum Gasteiger partial charge on any atom is -0.351 e. The molecule has 3 nitrogen and oxygen atoms in total. The van der Waals surface area contributed by atoms with Gasteiger partial charge in [0.25, 0.3) is 0 Å². The number of nitrogens with one attached hydrogen (secondary N) is 1. The number of hydrogen-bond donors (Lipinski definition) is 1. The van der Waals surface area contributed by atoms with Crippen molar-refractivity contribution in [2.75, 3.05) is 0 Å². The predicted molar refractivity (Wildman–Crippen MR) is 85.9 cm³/mol. The van der Waals surface area contributed by atoms with E-state index in [1.54, 1.807) is 6.20 Å². The first-order valence-corrected chi connectivity index (χ1v) is 8.58. The molecule has 5 rings (SSSR count). The second-order valence-corrected chi connectivity index (χ2v) is 8.95. The number of rotatable bonds is 3. The van der Waals surface area contributed by atoms with Crippen LogP contribution in [0.2, 0.25) is 0 Å². The van der Waals surface area contributed by atoms with E-state index in [2.05, 4.69) is 24.1 Å². The Morgan fingerprint density at radius 2 is 1.95 bits per heavy atom. The van der Waals surface area contributed by atoms with Gasteiger partial charge in [-0.1, -0.05) is 19.9 Å². The fourth-order valence-electron chi connectivity index (χ4n) is 6.57. The van der Waals surface area contributed by atoms with Crippen molar-refractivity contribution in [3.05, 3.63) is 30.1 Å². The Morgan fingerprint density at radius 3 is 2.55 bits per heavy atom. The van der Waals surface area contributed by atoms with Gasteiger partial charge in [0.2, 0.25) is 5.91 Å². The molecule has 0 saturated heterocycles. The van der Waals surface area contributed by atoms with Crippen LogP contribution in [0.3, 0.4) is 0 Å². The maximum absolute atomic E-state index is 13.0. The average Bonchev–Trinajstić information content (AvgIpc) is 2.42. The molecule has 1 aromatic rings. The van der Waals surface area contributed by atoms with Crippen molar-refractivity contribution in [2.24, 2.45) is 22.2 Å². The molecule has 4 bridgehead atoms. The summed E-state index contributed by atoms with van der Waals surface area (Å²) in [5.41, 5.74) is 1.75. The number of hydrogen-bond acceptors (Lipinski definition) is 2. The molecule has 118 valence electrons. The van der Waals surface area contributed by atoms with Gasteiger partial charge < -0.3 is 5.32 Å². The third-order valence-corrected chi connectivity index (χ3v) is 6.28. The van der Waals surface area contributed by atoms with Crippen molar-refractivity contribution < 1.29 is 4.79 Å². The van der Waals surface area contributed by atoms with Crippen LogP contribution in [0.4, 0.5) is 0 Å². The molecule has 22 heavy (non-hydrogen) atoms. The Bertz CT molecular complexity index is 579. The molecule has 1 N–H and O–H groups in total. The molecular formula is C19H26N2O. The zero-order chi connectivity index (χ0) is 15.4. The minimum atomic E-state index is -0.106. The van der Waals surface area contributed by atoms with Crippen molar-refractivity contribution >= 4 is 5.91 Å². The van der Waals surface area contributed by atoms with E-state index in [1.165, 1.54) is 19.3 Å². The third-order valence-electron chi connectivity index (χ3n) is 6.28. The van der Waals surface area contributed by atoms with Crippen LogP contribution in [0.15, 0.2) is 24.5 Å². The summed E-state index contributed by atoms with van der Waals surface area (Å²) in [5.74, 6) is 1.05. The third kappa shape index (κ3) is 2.26. The summed E-state index contributed by atoms with van der Waals surface area (Å²) in [6, 6.07) is 3.95. The molecule has 4 aliphatic rings. The quantitative estimate of drug-likeness (QED) is 0.924. The van der Waals surface area contributed by atoms with Gasteiger partial charge in [0.1, 0.15) is 0 Å². The number of amides is 1. The number of pyridine rings is 1. The van der Waals surface area contributed by atoms with Crippen molar-refractivity contribution in [3.63, 3.8) is 0 Å². The van der Waals surface area contributed by atoms with Gasteiger partial charge in [0, 0.05) is 18.9 Å². The first-order chi connectivity index (χ1) is 10.4. The molecule has 3 heteroatoms. The van der Waals surface area contributed by atoms with Crippen LogP contribution in [0.25, 0.3) is 0 Å². The van der Waals surface area contributed by atoms with Crippen LogP contribution in [0.1, 0.15) is 57.9 Å². The van der Waals surface area contributed by atoms with Crippen molar-refractivity contribution in [3.8, 4) is 0 Å². The lowest BCUT2D eigenvalue weighted by Crippen LogP contribution is -2.59. The van der Waals surface area contributed by atoms with Crippen molar-refractivity contribution in [1.29, 1.82) is 0 Å². The van der Waals surface area contributed by atoms with Crippen molar-refractivity contribution in [2.45, 2.75) is 58.9 Å². The Balaban J connectivity index is 1.53.